The minimum absolute atomic E-state index is 0.416. The molecule has 2 aromatic rings. The maximum Gasteiger partial charge on any atom is 0.150 e. The molecule has 4 heteroatoms. The van der Waals surface area contributed by atoms with Gasteiger partial charge in [-0.3, -0.25) is 0 Å². The van der Waals surface area contributed by atoms with Gasteiger partial charge in [0.25, 0.3) is 0 Å². The predicted molar refractivity (Wildman–Crippen MR) is 92.7 cm³/mol. The lowest BCUT2D eigenvalue weighted by Gasteiger charge is -2.15. The van der Waals surface area contributed by atoms with Crippen molar-refractivity contribution in [2.24, 2.45) is 0 Å². The molecule has 0 aliphatic carbocycles. The fourth-order valence-corrected chi connectivity index (χ4v) is 2.52. The third-order valence-electron chi connectivity index (χ3n) is 2.77. The van der Waals surface area contributed by atoms with Crippen LogP contribution in [0, 0.1) is 3.57 Å². The van der Waals surface area contributed by atoms with Gasteiger partial charge in [-0.05, 0) is 46.9 Å². The number of benzene rings is 2. The van der Waals surface area contributed by atoms with Gasteiger partial charge >= 0.3 is 0 Å². The molecule has 0 unspecified atom stereocenters. The molecule has 2 aromatic carbocycles. The molecule has 20 heavy (non-hydrogen) atoms. The summed E-state index contributed by atoms with van der Waals surface area (Å²) in [4.78, 5) is 0. The summed E-state index contributed by atoms with van der Waals surface area (Å²) in [6.07, 6.45) is 0. The molecule has 0 saturated heterocycles. The van der Waals surface area contributed by atoms with E-state index in [-0.39, 0.29) is 0 Å². The SMILES string of the molecule is CC(C)NCc1cccc(Cl)c1Oc1cccc(I)c1. The second-order valence-corrected chi connectivity index (χ2v) is 6.48. The Morgan fingerprint density at radius 1 is 1.20 bits per heavy atom. The van der Waals surface area contributed by atoms with Gasteiger partial charge < -0.3 is 10.1 Å². The zero-order chi connectivity index (χ0) is 14.5. The Kier molecular flexibility index (Phi) is 5.69. The van der Waals surface area contributed by atoms with Crippen LogP contribution in [-0.2, 0) is 6.54 Å². The lowest BCUT2D eigenvalue weighted by molar-refractivity contribution is 0.469. The minimum atomic E-state index is 0.416. The van der Waals surface area contributed by atoms with Gasteiger partial charge in [-0.2, -0.15) is 0 Å². The molecular weight excluding hydrogens is 385 g/mol. The first-order valence-corrected chi connectivity index (χ1v) is 7.96. The van der Waals surface area contributed by atoms with E-state index < -0.39 is 0 Å². The second-order valence-electron chi connectivity index (χ2n) is 4.82. The van der Waals surface area contributed by atoms with E-state index in [2.05, 4.69) is 41.8 Å². The van der Waals surface area contributed by atoms with E-state index in [1.165, 1.54) is 0 Å². The zero-order valence-electron chi connectivity index (χ0n) is 11.5. The van der Waals surface area contributed by atoms with Gasteiger partial charge in [-0.25, -0.2) is 0 Å². The molecule has 0 heterocycles. The number of nitrogens with one attached hydrogen (secondary N) is 1. The molecule has 0 aromatic heterocycles. The first kappa shape index (κ1) is 15.6. The van der Waals surface area contributed by atoms with Gasteiger partial charge in [0, 0.05) is 21.7 Å². The van der Waals surface area contributed by atoms with Crippen LogP contribution in [0.3, 0.4) is 0 Å². The van der Waals surface area contributed by atoms with Crippen LogP contribution < -0.4 is 10.1 Å². The van der Waals surface area contributed by atoms with Crippen molar-refractivity contribution in [2.45, 2.75) is 26.4 Å². The van der Waals surface area contributed by atoms with Gasteiger partial charge in [-0.15, -0.1) is 0 Å². The maximum absolute atomic E-state index is 6.28. The largest absolute Gasteiger partial charge is 0.455 e. The van der Waals surface area contributed by atoms with E-state index in [9.17, 15) is 0 Å². The Balaban J connectivity index is 2.25. The van der Waals surface area contributed by atoms with Crippen molar-refractivity contribution in [3.05, 3.63) is 56.6 Å². The van der Waals surface area contributed by atoms with Crippen LogP contribution in [0.15, 0.2) is 42.5 Å². The van der Waals surface area contributed by atoms with Gasteiger partial charge in [0.2, 0.25) is 0 Å². The summed E-state index contributed by atoms with van der Waals surface area (Å²) in [5.74, 6) is 1.53. The van der Waals surface area contributed by atoms with Crippen LogP contribution in [-0.4, -0.2) is 6.04 Å². The molecule has 0 spiro atoms. The predicted octanol–water partition coefficient (Wildman–Crippen LogP) is 5.23. The molecule has 0 bridgehead atoms. The van der Waals surface area contributed by atoms with E-state index in [1.54, 1.807) is 0 Å². The fraction of sp³-hybridized carbons (Fsp3) is 0.250. The zero-order valence-corrected chi connectivity index (χ0v) is 14.4. The van der Waals surface area contributed by atoms with Crippen molar-refractivity contribution < 1.29 is 4.74 Å². The Hall–Kier alpha value is -0.780. The van der Waals surface area contributed by atoms with Crippen molar-refractivity contribution in [3.63, 3.8) is 0 Å². The summed E-state index contributed by atoms with van der Waals surface area (Å²) in [6, 6.07) is 14.2. The molecular formula is C16H17ClINO. The van der Waals surface area contributed by atoms with Crippen LogP contribution in [0.1, 0.15) is 19.4 Å². The summed E-state index contributed by atoms with van der Waals surface area (Å²) in [7, 11) is 0. The van der Waals surface area contributed by atoms with Crippen LogP contribution in [0.2, 0.25) is 5.02 Å². The summed E-state index contributed by atoms with van der Waals surface area (Å²) in [5, 5.41) is 4.02. The van der Waals surface area contributed by atoms with Gasteiger partial charge in [0.05, 0.1) is 5.02 Å². The monoisotopic (exact) mass is 401 g/mol. The summed E-state index contributed by atoms with van der Waals surface area (Å²) in [5.41, 5.74) is 1.06. The number of para-hydroxylation sites is 1. The highest BCUT2D eigenvalue weighted by atomic mass is 127. The highest BCUT2D eigenvalue weighted by Gasteiger charge is 2.10. The van der Waals surface area contributed by atoms with Gasteiger partial charge in [0.15, 0.2) is 0 Å². The smallest absolute Gasteiger partial charge is 0.150 e. The van der Waals surface area contributed by atoms with Crippen LogP contribution in [0.5, 0.6) is 11.5 Å². The fourth-order valence-electron chi connectivity index (χ4n) is 1.77. The average Bonchev–Trinajstić information content (AvgIpc) is 2.39. The van der Waals surface area contributed by atoms with Crippen molar-refractivity contribution >= 4 is 34.2 Å². The summed E-state index contributed by atoms with van der Waals surface area (Å²) < 4.78 is 7.11. The van der Waals surface area contributed by atoms with E-state index >= 15 is 0 Å². The Bertz CT molecular complexity index is 586. The first-order valence-electron chi connectivity index (χ1n) is 6.50. The Morgan fingerprint density at radius 2 is 1.95 bits per heavy atom. The Morgan fingerprint density at radius 3 is 2.65 bits per heavy atom. The van der Waals surface area contributed by atoms with Crippen molar-refractivity contribution in [1.29, 1.82) is 0 Å². The highest BCUT2D eigenvalue weighted by Crippen LogP contribution is 2.33. The standard InChI is InChI=1S/C16H17ClINO/c1-11(2)19-10-12-5-3-8-15(17)16(12)20-14-7-4-6-13(18)9-14/h3-9,11,19H,10H2,1-2H3. The van der Waals surface area contributed by atoms with Crippen molar-refractivity contribution in [3.8, 4) is 11.5 Å². The van der Waals surface area contributed by atoms with Crippen LogP contribution in [0.25, 0.3) is 0 Å². The van der Waals surface area contributed by atoms with Crippen LogP contribution in [0.4, 0.5) is 0 Å². The summed E-state index contributed by atoms with van der Waals surface area (Å²) in [6.45, 7) is 4.97. The normalized spacial score (nSPS) is 10.8. The molecule has 1 N–H and O–H groups in total. The average molecular weight is 402 g/mol. The Labute approximate surface area is 138 Å². The van der Waals surface area contributed by atoms with Crippen molar-refractivity contribution in [1.82, 2.24) is 5.32 Å². The molecule has 0 radical (unpaired) electrons. The molecule has 106 valence electrons. The van der Waals surface area contributed by atoms with E-state index in [0.717, 1.165) is 27.2 Å². The molecule has 2 rings (SSSR count). The lowest BCUT2D eigenvalue weighted by Crippen LogP contribution is -2.22. The van der Waals surface area contributed by atoms with E-state index in [1.807, 2.05) is 42.5 Å². The van der Waals surface area contributed by atoms with Crippen LogP contribution >= 0.6 is 34.2 Å². The van der Waals surface area contributed by atoms with Crippen molar-refractivity contribution in [2.75, 3.05) is 0 Å². The summed E-state index contributed by atoms with van der Waals surface area (Å²) >= 11 is 8.55. The van der Waals surface area contributed by atoms with Gasteiger partial charge in [0.1, 0.15) is 11.5 Å². The van der Waals surface area contributed by atoms with Gasteiger partial charge in [-0.1, -0.05) is 43.6 Å². The molecule has 0 aliphatic heterocycles. The molecule has 0 saturated carbocycles. The highest BCUT2D eigenvalue weighted by molar-refractivity contribution is 14.1. The number of hydrogen-bond donors (Lipinski definition) is 1. The molecule has 0 atom stereocenters. The van der Waals surface area contributed by atoms with E-state index in [0.29, 0.717) is 11.1 Å². The molecule has 2 nitrogen and oxygen atoms in total. The first-order chi connectivity index (χ1) is 9.56. The number of halogens is 2. The topological polar surface area (TPSA) is 21.3 Å². The molecule has 0 amide bonds. The third-order valence-corrected chi connectivity index (χ3v) is 3.73. The van der Waals surface area contributed by atoms with E-state index in [4.69, 9.17) is 16.3 Å². The number of ether oxygens (including phenoxy) is 1. The third kappa shape index (κ3) is 4.36. The second kappa shape index (κ2) is 7.29. The minimum Gasteiger partial charge on any atom is -0.455 e. The molecule has 0 fully saturated rings. The number of hydrogen-bond acceptors (Lipinski definition) is 2. The molecule has 0 aliphatic rings. The number of rotatable bonds is 5. The maximum atomic E-state index is 6.28. The lowest BCUT2D eigenvalue weighted by atomic mass is 10.2. The quantitative estimate of drug-likeness (QED) is 0.692.